The molecule has 47 valence electrons. The molecule has 0 saturated heterocycles. The topological polar surface area (TPSA) is 20.3 Å². The fraction of sp³-hybridized carbons (Fsp3) is 0.800. The number of halogens is 1. The van der Waals surface area contributed by atoms with E-state index in [2.05, 4.69) is 23.1 Å². The van der Waals surface area contributed by atoms with E-state index < -0.39 is 0 Å². The molecule has 0 atom stereocenters. The Kier molecular flexibility index (Phi) is 5.06. The minimum absolute atomic E-state index is 0.750. The van der Waals surface area contributed by atoms with Crippen LogP contribution in [0.1, 0.15) is 19.8 Å². The van der Waals surface area contributed by atoms with Gasteiger partial charge in [-0.3, -0.25) is 8.72 Å². The van der Waals surface area contributed by atoms with Gasteiger partial charge in [0.15, 0.2) is 0 Å². The first-order valence-corrected chi connectivity index (χ1v) is 3.33. The van der Waals surface area contributed by atoms with Gasteiger partial charge in [-0.1, -0.05) is 13.3 Å². The monoisotopic (exact) mass is 178 g/mol. The molecule has 0 saturated carbocycles. The van der Waals surface area contributed by atoms with E-state index in [-0.39, 0.29) is 0 Å². The van der Waals surface area contributed by atoms with Crippen molar-refractivity contribution in [2.45, 2.75) is 19.8 Å². The summed E-state index contributed by atoms with van der Waals surface area (Å²) < 4.78 is 1.34. The van der Waals surface area contributed by atoms with Gasteiger partial charge in [0.2, 0.25) is 0 Å². The van der Waals surface area contributed by atoms with Crippen LogP contribution in [0.3, 0.4) is 0 Å². The van der Waals surface area contributed by atoms with Crippen molar-refractivity contribution in [3.05, 3.63) is 0 Å². The standard InChI is InChI=1S/C5H9BrNO/c1-2-3-4-7(6)5-8/h2-4H2,1H3. The average molecular weight is 179 g/mol. The van der Waals surface area contributed by atoms with Crippen LogP contribution in [0.2, 0.25) is 0 Å². The number of hydrogen-bond acceptors (Lipinski definition) is 1. The number of unbranched alkanes of at least 4 members (excludes halogenated alkanes) is 1. The number of nitrogens with zero attached hydrogens (tertiary/aromatic N) is 1. The van der Waals surface area contributed by atoms with Crippen LogP contribution in [0.4, 0.5) is 0 Å². The summed E-state index contributed by atoms with van der Waals surface area (Å²) in [6.07, 6.45) is 3.83. The second kappa shape index (κ2) is 5.09. The number of carbonyl (C=O) groups excluding carboxylic acids is 1. The van der Waals surface area contributed by atoms with E-state index in [9.17, 15) is 4.79 Å². The van der Waals surface area contributed by atoms with E-state index >= 15 is 0 Å². The predicted molar refractivity (Wildman–Crippen MR) is 36.2 cm³/mol. The normalized spacial score (nSPS) is 8.75. The Morgan fingerprint density at radius 3 is 2.75 bits per heavy atom. The summed E-state index contributed by atoms with van der Waals surface area (Å²) in [7, 11) is 0. The van der Waals surface area contributed by atoms with Gasteiger partial charge in [-0.2, -0.15) is 0 Å². The summed E-state index contributed by atoms with van der Waals surface area (Å²) in [6, 6.07) is 0. The minimum atomic E-state index is 0.750. The van der Waals surface area contributed by atoms with Gasteiger partial charge in [0, 0.05) is 6.54 Å². The lowest BCUT2D eigenvalue weighted by molar-refractivity contribution is 0.502. The largest absolute Gasteiger partial charge is 0.322 e. The zero-order chi connectivity index (χ0) is 6.41. The Balaban J connectivity index is 2.98. The highest BCUT2D eigenvalue weighted by Crippen LogP contribution is 1.95. The summed E-state index contributed by atoms with van der Waals surface area (Å²) in [5.41, 5.74) is 0. The lowest BCUT2D eigenvalue weighted by atomic mass is 10.3. The quantitative estimate of drug-likeness (QED) is 0.472. The molecule has 0 aliphatic rings. The summed E-state index contributed by atoms with van der Waals surface area (Å²) in [6.45, 7) is 2.83. The van der Waals surface area contributed by atoms with Gasteiger partial charge in [-0.25, -0.2) is 0 Å². The van der Waals surface area contributed by atoms with Crippen LogP contribution in [-0.2, 0) is 4.79 Å². The Morgan fingerprint density at radius 1 is 1.75 bits per heavy atom. The smallest absolute Gasteiger partial charge is 0.271 e. The van der Waals surface area contributed by atoms with E-state index in [0.717, 1.165) is 19.4 Å². The molecule has 0 aromatic rings. The number of hydrogen-bond donors (Lipinski definition) is 0. The highest BCUT2D eigenvalue weighted by Gasteiger charge is 1.92. The van der Waals surface area contributed by atoms with Crippen LogP contribution in [0.15, 0.2) is 0 Å². The molecule has 1 radical (unpaired) electrons. The average Bonchev–Trinajstić information content (AvgIpc) is 1.83. The van der Waals surface area contributed by atoms with Crippen LogP contribution in [0, 0.1) is 0 Å². The van der Waals surface area contributed by atoms with Crippen LogP contribution < -0.4 is 0 Å². The van der Waals surface area contributed by atoms with E-state index in [4.69, 9.17) is 0 Å². The molecule has 0 N–H and O–H groups in total. The van der Waals surface area contributed by atoms with Crippen molar-refractivity contribution in [1.29, 1.82) is 0 Å². The van der Waals surface area contributed by atoms with Gasteiger partial charge in [-0.05, 0) is 6.42 Å². The Labute approximate surface area is 58.2 Å². The van der Waals surface area contributed by atoms with Crippen molar-refractivity contribution in [2.24, 2.45) is 0 Å². The predicted octanol–water partition coefficient (Wildman–Crippen LogP) is 1.47. The molecule has 0 aromatic heterocycles. The maximum Gasteiger partial charge on any atom is 0.322 e. The van der Waals surface area contributed by atoms with Gasteiger partial charge in [0.25, 0.3) is 0 Å². The van der Waals surface area contributed by atoms with Gasteiger partial charge in [0.1, 0.15) is 0 Å². The lowest BCUT2D eigenvalue weighted by Gasteiger charge is -2.02. The van der Waals surface area contributed by atoms with Crippen molar-refractivity contribution in [1.82, 2.24) is 3.93 Å². The van der Waals surface area contributed by atoms with Crippen molar-refractivity contribution >= 4 is 22.6 Å². The van der Waals surface area contributed by atoms with Gasteiger partial charge >= 0.3 is 6.41 Å². The molecular formula is C5H9BrNO. The second-order valence-corrected chi connectivity index (χ2v) is 2.39. The SMILES string of the molecule is CCCCN(Br)[C]=O. The first-order chi connectivity index (χ1) is 3.81. The molecule has 0 unspecified atom stereocenters. The van der Waals surface area contributed by atoms with Crippen molar-refractivity contribution < 1.29 is 4.79 Å². The van der Waals surface area contributed by atoms with E-state index in [0.29, 0.717) is 0 Å². The molecule has 0 rings (SSSR count). The molecule has 0 spiro atoms. The zero-order valence-corrected chi connectivity index (χ0v) is 6.44. The molecule has 0 fully saturated rings. The van der Waals surface area contributed by atoms with E-state index in [1.54, 1.807) is 6.41 Å². The first-order valence-electron chi connectivity index (χ1n) is 2.62. The van der Waals surface area contributed by atoms with E-state index in [1.165, 1.54) is 3.93 Å². The molecule has 0 aliphatic carbocycles. The third-order valence-electron chi connectivity index (χ3n) is 0.807. The molecule has 1 amide bonds. The van der Waals surface area contributed by atoms with Crippen LogP contribution >= 0.6 is 16.1 Å². The lowest BCUT2D eigenvalue weighted by Crippen LogP contribution is -2.08. The van der Waals surface area contributed by atoms with Gasteiger partial charge in [0.05, 0.1) is 16.1 Å². The highest BCUT2D eigenvalue weighted by molar-refractivity contribution is 9.07. The Bertz CT molecular complexity index is 67.4. The minimum Gasteiger partial charge on any atom is -0.271 e. The molecular weight excluding hydrogens is 170 g/mol. The van der Waals surface area contributed by atoms with Crippen molar-refractivity contribution in [3.8, 4) is 0 Å². The summed E-state index contributed by atoms with van der Waals surface area (Å²) in [5, 5.41) is 0. The fourth-order valence-corrected chi connectivity index (χ4v) is 0.593. The van der Waals surface area contributed by atoms with Crippen LogP contribution in [-0.4, -0.2) is 16.9 Å². The Morgan fingerprint density at radius 2 is 2.38 bits per heavy atom. The molecule has 0 heterocycles. The summed E-state index contributed by atoms with van der Waals surface area (Å²) in [5.74, 6) is 0. The van der Waals surface area contributed by atoms with Gasteiger partial charge < -0.3 is 0 Å². The van der Waals surface area contributed by atoms with Crippen LogP contribution in [0.25, 0.3) is 0 Å². The highest BCUT2D eigenvalue weighted by atomic mass is 79.9. The fourth-order valence-electron chi connectivity index (χ4n) is 0.343. The Hall–Kier alpha value is -0.0500. The number of amides is 1. The number of rotatable bonds is 4. The van der Waals surface area contributed by atoms with Crippen molar-refractivity contribution in [3.63, 3.8) is 0 Å². The maximum absolute atomic E-state index is 9.76. The molecule has 0 bridgehead atoms. The van der Waals surface area contributed by atoms with Gasteiger partial charge in [-0.15, -0.1) is 0 Å². The zero-order valence-electron chi connectivity index (χ0n) is 4.85. The molecule has 2 nitrogen and oxygen atoms in total. The molecule has 3 heteroatoms. The summed E-state index contributed by atoms with van der Waals surface area (Å²) in [4.78, 5) is 9.76. The summed E-state index contributed by atoms with van der Waals surface area (Å²) >= 11 is 2.99. The third kappa shape index (κ3) is 4.12. The third-order valence-corrected chi connectivity index (χ3v) is 1.31. The molecule has 8 heavy (non-hydrogen) atoms. The maximum atomic E-state index is 9.76. The molecule has 0 aliphatic heterocycles. The van der Waals surface area contributed by atoms with Crippen LogP contribution in [0.5, 0.6) is 0 Å². The van der Waals surface area contributed by atoms with E-state index in [1.807, 2.05) is 0 Å². The second-order valence-electron chi connectivity index (χ2n) is 1.53. The molecule has 0 aromatic carbocycles. The first kappa shape index (κ1) is 7.95. The van der Waals surface area contributed by atoms with Crippen molar-refractivity contribution in [2.75, 3.05) is 6.54 Å².